The van der Waals surface area contributed by atoms with Crippen molar-refractivity contribution in [3.63, 3.8) is 0 Å². The van der Waals surface area contributed by atoms with Crippen molar-refractivity contribution in [2.75, 3.05) is 18.5 Å². The maximum Gasteiger partial charge on any atom is 0.331 e. The average molecular weight is 412 g/mol. The van der Waals surface area contributed by atoms with Gasteiger partial charge in [-0.25, -0.2) is 9.18 Å². The zero-order chi connectivity index (χ0) is 20.6. The predicted octanol–water partition coefficient (Wildman–Crippen LogP) is 0.0396. The highest BCUT2D eigenvalue weighted by Gasteiger charge is 2.21. The van der Waals surface area contributed by atoms with E-state index in [9.17, 15) is 19.1 Å². The van der Waals surface area contributed by atoms with Crippen molar-refractivity contribution >= 4 is 28.5 Å². The number of hydrogen-bond donors (Lipinski definition) is 3. The lowest BCUT2D eigenvalue weighted by molar-refractivity contribution is 0.105. The summed E-state index contributed by atoms with van der Waals surface area (Å²) in [6.45, 7) is -0.677. The van der Waals surface area contributed by atoms with E-state index in [4.69, 9.17) is 16.7 Å². The number of aliphatic hydroxyl groups excluding tert-OH is 2. The molecule has 1 atom stereocenters. The first-order valence-corrected chi connectivity index (χ1v) is 8.76. The SMILES string of the molecule is Cn1c(=O)c2c(c(NCC(O)CO)nn2Cc2c(F)cccc2Cl)n(C)c1=O. The third-order valence-corrected chi connectivity index (χ3v) is 4.78. The van der Waals surface area contributed by atoms with Crippen LogP contribution in [-0.2, 0) is 20.6 Å². The van der Waals surface area contributed by atoms with Gasteiger partial charge in [-0.2, -0.15) is 5.10 Å². The van der Waals surface area contributed by atoms with Crippen molar-refractivity contribution in [1.29, 1.82) is 0 Å². The highest BCUT2D eigenvalue weighted by Crippen LogP contribution is 2.24. The summed E-state index contributed by atoms with van der Waals surface area (Å²) >= 11 is 6.09. The normalized spacial score (nSPS) is 12.5. The Hall–Kier alpha value is -2.69. The Kier molecular flexibility index (Phi) is 5.54. The maximum atomic E-state index is 14.2. The Morgan fingerprint density at radius 2 is 1.96 bits per heavy atom. The van der Waals surface area contributed by atoms with E-state index in [-0.39, 0.29) is 40.5 Å². The molecule has 3 N–H and O–H groups in total. The van der Waals surface area contributed by atoms with E-state index in [2.05, 4.69) is 10.4 Å². The molecule has 0 fully saturated rings. The molecule has 2 heterocycles. The van der Waals surface area contributed by atoms with Crippen molar-refractivity contribution in [1.82, 2.24) is 18.9 Å². The molecule has 0 bridgehead atoms. The van der Waals surface area contributed by atoms with Crippen molar-refractivity contribution in [2.45, 2.75) is 12.6 Å². The van der Waals surface area contributed by atoms with Gasteiger partial charge < -0.3 is 15.5 Å². The number of aliphatic hydroxyl groups is 2. The lowest BCUT2D eigenvalue weighted by Gasteiger charge is -2.09. The Labute approximate surface area is 163 Å². The molecule has 1 aromatic carbocycles. The highest BCUT2D eigenvalue weighted by atomic mass is 35.5. The Bertz CT molecular complexity index is 1130. The van der Waals surface area contributed by atoms with Crippen molar-refractivity contribution in [3.8, 4) is 0 Å². The lowest BCUT2D eigenvalue weighted by atomic mass is 10.2. The Morgan fingerprint density at radius 1 is 1.25 bits per heavy atom. The topological polar surface area (TPSA) is 114 Å². The number of anilines is 1. The van der Waals surface area contributed by atoms with E-state index in [1.165, 1.54) is 41.5 Å². The first-order valence-electron chi connectivity index (χ1n) is 8.38. The molecule has 2 aromatic heterocycles. The Balaban J connectivity index is 2.22. The van der Waals surface area contributed by atoms with E-state index in [0.717, 1.165) is 4.57 Å². The van der Waals surface area contributed by atoms with Gasteiger partial charge in [0.2, 0.25) is 0 Å². The zero-order valence-electron chi connectivity index (χ0n) is 15.2. The van der Waals surface area contributed by atoms with Crippen LogP contribution >= 0.6 is 11.6 Å². The number of hydrogen-bond acceptors (Lipinski definition) is 6. The average Bonchev–Trinajstić information content (AvgIpc) is 3.04. The molecule has 0 spiro atoms. The van der Waals surface area contributed by atoms with Gasteiger partial charge in [-0.1, -0.05) is 17.7 Å². The van der Waals surface area contributed by atoms with Gasteiger partial charge in [-0.15, -0.1) is 0 Å². The molecule has 11 heteroatoms. The summed E-state index contributed by atoms with van der Waals surface area (Å²) in [5.74, 6) is -0.407. The first kappa shape index (κ1) is 20.1. The summed E-state index contributed by atoms with van der Waals surface area (Å²) in [6.07, 6.45) is -1.07. The summed E-state index contributed by atoms with van der Waals surface area (Å²) in [6, 6.07) is 4.24. The third-order valence-electron chi connectivity index (χ3n) is 4.43. The zero-order valence-corrected chi connectivity index (χ0v) is 15.9. The van der Waals surface area contributed by atoms with Gasteiger partial charge in [0.25, 0.3) is 5.56 Å². The molecule has 150 valence electrons. The standard InChI is InChI=1S/C17H19ClFN5O4/c1-22-13-14(16(27)23(2)17(22)28)24(21-15(13)20-6-9(26)8-25)7-10-11(18)4-3-5-12(10)19/h3-5,9,25-26H,6-8H2,1-2H3,(H,20,21). The predicted molar refractivity (Wildman–Crippen MR) is 102 cm³/mol. The minimum Gasteiger partial charge on any atom is -0.394 e. The first-order chi connectivity index (χ1) is 13.3. The molecule has 3 rings (SSSR count). The van der Waals surface area contributed by atoms with Crippen LogP contribution in [0, 0.1) is 5.82 Å². The fraction of sp³-hybridized carbons (Fsp3) is 0.353. The fourth-order valence-electron chi connectivity index (χ4n) is 2.89. The van der Waals surface area contributed by atoms with Crippen LogP contribution in [0.25, 0.3) is 11.0 Å². The number of rotatable bonds is 6. The van der Waals surface area contributed by atoms with Gasteiger partial charge in [0.15, 0.2) is 11.3 Å². The quantitative estimate of drug-likeness (QED) is 0.527. The number of aryl methyl sites for hydroxylation is 1. The van der Waals surface area contributed by atoms with Crippen molar-refractivity contribution in [3.05, 3.63) is 55.4 Å². The van der Waals surface area contributed by atoms with Gasteiger partial charge in [0.1, 0.15) is 11.3 Å². The van der Waals surface area contributed by atoms with Crippen LogP contribution in [0.4, 0.5) is 10.2 Å². The summed E-state index contributed by atoms with van der Waals surface area (Å²) < 4.78 is 17.6. The maximum absolute atomic E-state index is 14.2. The van der Waals surface area contributed by atoms with Gasteiger partial charge in [0.05, 0.1) is 19.3 Å². The van der Waals surface area contributed by atoms with Gasteiger partial charge in [-0.05, 0) is 12.1 Å². The molecule has 9 nitrogen and oxygen atoms in total. The largest absolute Gasteiger partial charge is 0.394 e. The lowest BCUT2D eigenvalue weighted by Crippen LogP contribution is -2.37. The van der Waals surface area contributed by atoms with Gasteiger partial charge in [0, 0.05) is 31.2 Å². The molecular weight excluding hydrogens is 393 g/mol. The Morgan fingerprint density at radius 3 is 2.61 bits per heavy atom. The molecule has 0 amide bonds. The van der Waals surface area contributed by atoms with Crippen LogP contribution in [-0.4, -0.2) is 48.4 Å². The van der Waals surface area contributed by atoms with E-state index in [0.29, 0.717) is 0 Å². The van der Waals surface area contributed by atoms with E-state index in [1.54, 1.807) is 0 Å². The second-order valence-electron chi connectivity index (χ2n) is 6.33. The van der Waals surface area contributed by atoms with Crippen molar-refractivity contribution in [2.24, 2.45) is 14.1 Å². The van der Waals surface area contributed by atoms with E-state index < -0.39 is 29.8 Å². The number of nitrogens with zero attached hydrogens (tertiary/aromatic N) is 4. The van der Waals surface area contributed by atoms with Crippen LogP contribution in [0.1, 0.15) is 5.56 Å². The van der Waals surface area contributed by atoms with E-state index in [1.807, 2.05) is 0 Å². The minimum atomic E-state index is -1.07. The number of halogens is 2. The summed E-state index contributed by atoms with van der Waals surface area (Å²) in [7, 11) is 2.81. The van der Waals surface area contributed by atoms with Crippen LogP contribution in [0.2, 0.25) is 5.02 Å². The molecular formula is C17H19ClFN5O4. The molecule has 0 aliphatic carbocycles. The van der Waals surface area contributed by atoms with Crippen LogP contribution in [0.15, 0.2) is 27.8 Å². The second-order valence-corrected chi connectivity index (χ2v) is 6.73. The van der Waals surface area contributed by atoms with Gasteiger partial charge in [-0.3, -0.25) is 18.6 Å². The smallest absolute Gasteiger partial charge is 0.331 e. The third kappa shape index (κ3) is 3.41. The fourth-order valence-corrected chi connectivity index (χ4v) is 3.12. The molecule has 0 radical (unpaired) electrons. The summed E-state index contributed by atoms with van der Waals surface area (Å²) in [5.41, 5.74) is -0.748. The van der Waals surface area contributed by atoms with Crippen LogP contribution in [0.5, 0.6) is 0 Å². The van der Waals surface area contributed by atoms with E-state index >= 15 is 0 Å². The van der Waals surface area contributed by atoms with Gasteiger partial charge >= 0.3 is 5.69 Å². The number of fused-ring (bicyclic) bond motifs is 1. The molecule has 28 heavy (non-hydrogen) atoms. The minimum absolute atomic E-state index is 0.0630. The number of nitrogens with one attached hydrogen (secondary N) is 1. The van der Waals surface area contributed by atoms with Crippen LogP contribution in [0.3, 0.4) is 0 Å². The van der Waals surface area contributed by atoms with Crippen molar-refractivity contribution < 1.29 is 14.6 Å². The van der Waals surface area contributed by atoms with Crippen LogP contribution < -0.4 is 16.6 Å². The molecule has 3 aromatic rings. The highest BCUT2D eigenvalue weighted by molar-refractivity contribution is 6.31. The summed E-state index contributed by atoms with van der Waals surface area (Å²) in [4.78, 5) is 25.1. The molecule has 1 unspecified atom stereocenters. The number of aromatic nitrogens is 4. The molecule has 0 aliphatic rings. The summed E-state index contributed by atoms with van der Waals surface area (Å²) in [5, 5.41) is 25.8. The molecule has 0 saturated heterocycles. The molecule has 0 aliphatic heterocycles. The second kappa shape index (κ2) is 7.74. The monoisotopic (exact) mass is 411 g/mol. The number of benzene rings is 1. The molecule has 0 saturated carbocycles.